The van der Waals surface area contributed by atoms with E-state index in [-0.39, 0.29) is 5.91 Å². The van der Waals surface area contributed by atoms with Gasteiger partial charge in [-0.2, -0.15) is 0 Å². The summed E-state index contributed by atoms with van der Waals surface area (Å²) < 4.78 is 0. The van der Waals surface area contributed by atoms with Gasteiger partial charge in [-0.3, -0.25) is 4.79 Å². The molecule has 4 heteroatoms. The number of aryl methyl sites for hydroxylation is 2. The molecule has 1 heterocycles. The van der Waals surface area contributed by atoms with Gasteiger partial charge >= 0.3 is 0 Å². The third kappa shape index (κ3) is 3.71. The van der Waals surface area contributed by atoms with Gasteiger partial charge in [-0.25, -0.2) is 0 Å². The number of benzene rings is 2. The Morgan fingerprint density at radius 3 is 2.87 bits per heavy atom. The van der Waals surface area contributed by atoms with Gasteiger partial charge in [-0.05, 0) is 37.1 Å². The van der Waals surface area contributed by atoms with E-state index in [0.29, 0.717) is 6.54 Å². The molecular formula is C19H23N3O. The molecule has 1 aliphatic heterocycles. The van der Waals surface area contributed by atoms with Gasteiger partial charge in [0.1, 0.15) is 0 Å². The van der Waals surface area contributed by atoms with Crippen molar-refractivity contribution < 1.29 is 4.79 Å². The smallest absolute Gasteiger partial charge is 0.243 e. The minimum absolute atomic E-state index is 0.0219. The highest BCUT2D eigenvalue weighted by Crippen LogP contribution is 2.22. The largest absolute Gasteiger partial charge is 0.361 e. The summed E-state index contributed by atoms with van der Waals surface area (Å²) in [7, 11) is 0. The number of carbonyl (C=O) groups is 1. The predicted octanol–water partition coefficient (Wildman–Crippen LogP) is 2.85. The number of nitrogens with one attached hydrogen (secondary N) is 2. The Labute approximate surface area is 137 Å². The number of carbonyl (C=O) groups excluding carboxylic acids is 1. The van der Waals surface area contributed by atoms with Crippen molar-refractivity contribution >= 4 is 17.3 Å². The van der Waals surface area contributed by atoms with Crippen LogP contribution >= 0.6 is 0 Å². The van der Waals surface area contributed by atoms with Gasteiger partial charge in [0, 0.05) is 31.0 Å². The average molecular weight is 309 g/mol. The SMILES string of the molecule is Cc1ccc(NC(=O)CN2CCNCc3ccccc32)c(C)c1. The van der Waals surface area contributed by atoms with Gasteiger partial charge < -0.3 is 15.5 Å². The van der Waals surface area contributed by atoms with Gasteiger partial charge in [0.05, 0.1) is 6.54 Å². The molecule has 3 rings (SSSR count). The number of amides is 1. The number of anilines is 2. The predicted molar refractivity (Wildman–Crippen MR) is 94.9 cm³/mol. The minimum atomic E-state index is 0.0219. The van der Waals surface area contributed by atoms with Crippen LogP contribution in [0.4, 0.5) is 11.4 Å². The third-order valence-electron chi connectivity index (χ3n) is 4.20. The lowest BCUT2D eigenvalue weighted by Crippen LogP contribution is -2.36. The standard InChI is InChI=1S/C19H23N3O/c1-14-7-8-17(15(2)11-14)21-19(23)13-22-10-9-20-12-16-5-3-4-6-18(16)22/h3-8,11,20H,9-10,12-13H2,1-2H3,(H,21,23). The molecule has 0 fully saturated rings. The Balaban J connectivity index is 1.72. The van der Waals surface area contributed by atoms with Crippen LogP contribution in [-0.2, 0) is 11.3 Å². The highest BCUT2D eigenvalue weighted by atomic mass is 16.2. The maximum atomic E-state index is 12.5. The van der Waals surface area contributed by atoms with Crippen LogP contribution in [-0.4, -0.2) is 25.5 Å². The van der Waals surface area contributed by atoms with Gasteiger partial charge in [-0.1, -0.05) is 35.9 Å². The first kappa shape index (κ1) is 15.6. The molecule has 0 aromatic heterocycles. The molecule has 1 aliphatic rings. The lowest BCUT2D eigenvalue weighted by atomic mass is 10.1. The number of para-hydroxylation sites is 1. The normalized spacial score (nSPS) is 14.1. The number of rotatable bonds is 3. The van der Waals surface area contributed by atoms with Gasteiger partial charge in [0.15, 0.2) is 0 Å². The first-order valence-corrected chi connectivity index (χ1v) is 8.04. The maximum Gasteiger partial charge on any atom is 0.243 e. The van der Waals surface area contributed by atoms with Crippen LogP contribution in [0.25, 0.3) is 0 Å². The molecule has 0 saturated carbocycles. The Morgan fingerprint density at radius 2 is 2.04 bits per heavy atom. The fraction of sp³-hybridized carbons (Fsp3) is 0.316. The Kier molecular flexibility index (Phi) is 4.63. The van der Waals surface area contributed by atoms with Crippen molar-refractivity contribution in [2.24, 2.45) is 0 Å². The second kappa shape index (κ2) is 6.84. The molecular weight excluding hydrogens is 286 g/mol. The topological polar surface area (TPSA) is 44.4 Å². The summed E-state index contributed by atoms with van der Waals surface area (Å²) in [6, 6.07) is 14.4. The first-order valence-electron chi connectivity index (χ1n) is 8.04. The highest BCUT2D eigenvalue weighted by Gasteiger charge is 2.17. The molecule has 2 N–H and O–H groups in total. The van der Waals surface area contributed by atoms with Crippen molar-refractivity contribution in [1.29, 1.82) is 0 Å². The van der Waals surface area contributed by atoms with Crippen LogP contribution in [0.15, 0.2) is 42.5 Å². The molecule has 0 saturated heterocycles. The monoisotopic (exact) mass is 309 g/mol. The summed E-state index contributed by atoms with van der Waals surface area (Å²) in [5, 5.41) is 6.43. The summed E-state index contributed by atoms with van der Waals surface area (Å²) in [5.41, 5.74) is 5.57. The van der Waals surface area contributed by atoms with Gasteiger partial charge in [0.2, 0.25) is 5.91 Å². The molecule has 120 valence electrons. The van der Waals surface area contributed by atoms with Crippen molar-refractivity contribution in [2.75, 3.05) is 29.9 Å². The van der Waals surface area contributed by atoms with E-state index in [2.05, 4.69) is 40.7 Å². The molecule has 4 nitrogen and oxygen atoms in total. The van der Waals surface area contributed by atoms with E-state index in [9.17, 15) is 4.79 Å². The van der Waals surface area contributed by atoms with E-state index in [1.807, 2.05) is 31.2 Å². The number of hydrogen-bond acceptors (Lipinski definition) is 3. The zero-order chi connectivity index (χ0) is 16.2. The van der Waals surface area contributed by atoms with E-state index < -0.39 is 0 Å². The lowest BCUT2D eigenvalue weighted by Gasteiger charge is -2.24. The zero-order valence-corrected chi connectivity index (χ0v) is 13.7. The van der Waals surface area contributed by atoms with E-state index >= 15 is 0 Å². The molecule has 0 radical (unpaired) electrons. The molecule has 0 aliphatic carbocycles. The summed E-state index contributed by atoms with van der Waals surface area (Å²) in [5.74, 6) is 0.0219. The van der Waals surface area contributed by atoms with E-state index in [1.165, 1.54) is 11.1 Å². The van der Waals surface area contributed by atoms with Crippen LogP contribution in [0, 0.1) is 13.8 Å². The van der Waals surface area contributed by atoms with Crippen molar-refractivity contribution in [2.45, 2.75) is 20.4 Å². The number of hydrogen-bond donors (Lipinski definition) is 2. The quantitative estimate of drug-likeness (QED) is 0.916. The minimum Gasteiger partial charge on any atom is -0.361 e. The van der Waals surface area contributed by atoms with Crippen LogP contribution in [0.5, 0.6) is 0 Å². The van der Waals surface area contributed by atoms with Crippen LogP contribution in [0.2, 0.25) is 0 Å². The average Bonchev–Trinajstić information content (AvgIpc) is 2.73. The fourth-order valence-electron chi connectivity index (χ4n) is 3.01. The molecule has 0 atom stereocenters. The Bertz CT molecular complexity index is 712. The molecule has 1 amide bonds. The third-order valence-corrected chi connectivity index (χ3v) is 4.20. The van der Waals surface area contributed by atoms with Crippen molar-refractivity contribution in [3.63, 3.8) is 0 Å². The summed E-state index contributed by atoms with van der Waals surface area (Å²) in [6.07, 6.45) is 0. The summed E-state index contributed by atoms with van der Waals surface area (Å²) in [4.78, 5) is 14.6. The van der Waals surface area contributed by atoms with Gasteiger partial charge in [-0.15, -0.1) is 0 Å². The molecule has 2 aromatic carbocycles. The van der Waals surface area contributed by atoms with Gasteiger partial charge in [0.25, 0.3) is 0 Å². The maximum absolute atomic E-state index is 12.5. The first-order chi connectivity index (χ1) is 11.1. The molecule has 0 unspecified atom stereocenters. The molecule has 2 aromatic rings. The summed E-state index contributed by atoms with van der Waals surface area (Å²) >= 11 is 0. The van der Waals surface area contributed by atoms with Crippen molar-refractivity contribution in [1.82, 2.24) is 5.32 Å². The second-order valence-corrected chi connectivity index (χ2v) is 6.09. The van der Waals surface area contributed by atoms with Crippen molar-refractivity contribution in [3.05, 3.63) is 59.2 Å². The lowest BCUT2D eigenvalue weighted by molar-refractivity contribution is -0.115. The van der Waals surface area contributed by atoms with E-state index in [0.717, 1.165) is 36.6 Å². The number of fused-ring (bicyclic) bond motifs is 1. The zero-order valence-electron chi connectivity index (χ0n) is 13.7. The van der Waals surface area contributed by atoms with Crippen LogP contribution in [0.3, 0.4) is 0 Å². The Hall–Kier alpha value is -2.33. The highest BCUT2D eigenvalue weighted by molar-refractivity contribution is 5.94. The second-order valence-electron chi connectivity index (χ2n) is 6.09. The molecule has 0 bridgehead atoms. The Morgan fingerprint density at radius 1 is 1.22 bits per heavy atom. The summed E-state index contributed by atoms with van der Waals surface area (Å²) in [6.45, 7) is 7.01. The molecule has 0 spiro atoms. The number of nitrogens with zero attached hydrogens (tertiary/aromatic N) is 1. The van der Waals surface area contributed by atoms with E-state index in [4.69, 9.17) is 0 Å². The fourth-order valence-corrected chi connectivity index (χ4v) is 3.01. The van der Waals surface area contributed by atoms with Crippen LogP contribution < -0.4 is 15.5 Å². The van der Waals surface area contributed by atoms with Crippen molar-refractivity contribution in [3.8, 4) is 0 Å². The molecule has 23 heavy (non-hydrogen) atoms. The van der Waals surface area contributed by atoms with E-state index in [1.54, 1.807) is 0 Å². The van der Waals surface area contributed by atoms with Crippen LogP contribution in [0.1, 0.15) is 16.7 Å².